The first kappa shape index (κ1) is 10.7. The van der Waals surface area contributed by atoms with Gasteiger partial charge in [-0.05, 0) is 17.7 Å². The van der Waals surface area contributed by atoms with E-state index in [4.69, 9.17) is 5.73 Å². The van der Waals surface area contributed by atoms with Gasteiger partial charge in [0, 0.05) is 19.2 Å². The van der Waals surface area contributed by atoms with Crippen molar-refractivity contribution in [1.29, 1.82) is 0 Å². The molecule has 4 N–H and O–H groups in total. The summed E-state index contributed by atoms with van der Waals surface area (Å²) in [4.78, 5) is 10.7. The normalized spacial score (nSPS) is 12.2. The molecule has 0 aliphatic rings. The van der Waals surface area contributed by atoms with E-state index < -0.39 is 6.10 Å². The van der Waals surface area contributed by atoms with Gasteiger partial charge in [0.1, 0.15) is 0 Å². The molecule has 0 aliphatic carbocycles. The molecule has 0 aliphatic heterocycles. The molecule has 0 unspecified atom stereocenters. The van der Waals surface area contributed by atoms with E-state index >= 15 is 0 Å². The van der Waals surface area contributed by atoms with Gasteiger partial charge in [0.2, 0.25) is 5.91 Å². The molecule has 1 amide bonds. The molecular weight excluding hydrogens is 180 g/mol. The number of hydrogen-bond acceptors (Lipinski definition) is 3. The molecule has 4 nitrogen and oxygen atoms in total. The van der Waals surface area contributed by atoms with Gasteiger partial charge in [-0.1, -0.05) is 12.1 Å². The van der Waals surface area contributed by atoms with Gasteiger partial charge in [-0.15, -0.1) is 0 Å². The predicted octanol–water partition coefficient (Wildman–Crippen LogP) is 0.637. The lowest BCUT2D eigenvalue weighted by molar-refractivity contribution is -0.114. The number of rotatable bonds is 3. The van der Waals surface area contributed by atoms with Crippen molar-refractivity contribution in [3.8, 4) is 0 Å². The van der Waals surface area contributed by atoms with Gasteiger partial charge in [-0.3, -0.25) is 4.79 Å². The van der Waals surface area contributed by atoms with Gasteiger partial charge in [0.15, 0.2) is 0 Å². The third-order valence-electron chi connectivity index (χ3n) is 1.84. The molecule has 1 aromatic carbocycles. The average molecular weight is 194 g/mol. The van der Waals surface area contributed by atoms with Gasteiger partial charge in [-0.25, -0.2) is 0 Å². The summed E-state index contributed by atoms with van der Waals surface area (Å²) in [5.74, 6) is -0.114. The van der Waals surface area contributed by atoms with Crippen molar-refractivity contribution in [3.63, 3.8) is 0 Å². The minimum absolute atomic E-state index is 0.114. The maximum absolute atomic E-state index is 10.7. The number of anilines is 1. The Labute approximate surface area is 82.7 Å². The maximum atomic E-state index is 10.7. The highest BCUT2D eigenvalue weighted by Crippen LogP contribution is 2.15. The lowest BCUT2D eigenvalue weighted by Gasteiger charge is -2.08. The lowest BCUT2D eigenvalue weighted by atomic mass is 10.1. The first-order valence-corrected chi connectivity index (χ1v) is 4.39. The number of benzene rings is 1. The molecule has 14 heavy (non-hydrogen) atoms. The second-order valence-electron chi connectivity index (χ2n) is 3.05. The van der Waals surface area contributed by atoms with Crippen LogP contribution in [0.25, 0.3) is 0 Å². The van der Waals surface area contributed by atoms with Crippen LogP contribution >= 0.6 is 0 Å². The number of amides is 1. The summed E-state index contributed by atoms with van der Waals surface area (Å²) in [6.07, 6.45) is -0.638. The Morgan fingerprint density at radius 1 is 1.50 bits per heavy atom. The Balaban J connectivity index is 2.73. The predicted molar refractivity (Wildman–Crippen MR) is 54.8 cm³/mol. The van der Waals surface area contributed by atoms with Crippen LogP contribution in [-0.4, -0.2) is 17.6 Å². The second-order valence-corrected chi connectivity index (χ2v) is 3.05. The minimum Gasteiger partial charge on any atom is -0.387 e. The number of carbonyl (C=O) groups is 1. The molecule has 0 saturated heterocycles. The molecule has 0 radical (unpaired) electrons. The van der Waals surface area contributed by atoms with Crippen LogP contribution in [0, 0.1) is 0 Å². The summed E-state index contributed by atoms with van der Waals surface area (Å²) >= 11 is 0. The first-order valence-electron chi connectivity index (χ1n) is 4.39. The smallest absolute Gasteiger partial charge is 0.221 e. The highest BCUT2D eigenvalue weighted by Gasteiger charge is 2.04. The van der Waals surface area contributed by atoms with Gasteiger partial charge in [0.25, 0.3) is 0 Å². The van der Waals surface area contributed by atoms with Crippen LogP contribution in [0.15, 0.2) is 24.3 Å². The number of carbonyl (C=O) groups excluding carboxylic acids is 1. The van der Waals surface area contributed by atoms with E-state index in [0.717, 1.165) is 5.56 Å². The summed E-state index contributed by atoms with van der Waals surface area (Å²) in [6, 6.07) is 6.94. The van der Waals surface area contributed by atoms with Crippen molar-refractivity contribution in [3.05, 3.63) is 29.8 Å². The molecule has 0 aromatic heterocycles. The summed E-state index contributed by atoms with van der Waals surface area (Å²) in [5, 5.41) is 12.0. The monoisotopic (exact) mass is 194 g/mol. The quantitative estimate of drug-likeness (QED) is 0.660. The van der Waals surface area contributed by atoms with Gasteiger partial charge in [0.05, 0.1) is 6.10 Å². The van der Waals surface area contributed by atoms with Crippen LogP contribution in [0.4, 0.5) is 5.69 Å². The van der Waals surface area contributed by atoms with Crippen LogP contribution in [0.5, 0.6) is 0 Å². The number of aliphatic hydroxyl groups excluding tert-OH is 1. The molecular formula is C10H14N2O2. The molecule has 4 heteroatoms. The van der Waals surface area contributed by atoms with E-state index in [-0.39, 0.29) is 12.5 Å². The molecule has 1 rings (SSSR count). The lowest BCUT2D eigenvalue weighted by Crippen LogP contribution is -2.11. The van der Waals surface area contributed by atoms with Gasteiger partial charge < -0.3 is 16.2 Å². The van der Waals surface area contributed by atoms with Crippen molar-refractivity contribution in [2.24, 2.45) is 5.73 Å². The zero-order valence-electron chi connectivity index (χ0n) is 8.03. The van der Waals surface area contributed by atoms with E-state index in [1.165, 1.54) is 6.92 Å². The van der Waals surface area contributed by atoms with E-state index in [0.29, 0.717) is 5.69 Å². The number of nitrogens with two attached hydrogens (primary N) is 1. The topological polar surface area (TPSA) is 75.3 Å². The number of hydrogen-bond donors (Lipinski definition) is 3. The largest absolute Gasteiger partial charge is 0.387 e. The highest BCUT2D eigenvalue weighted by atomic mass is 16.3. The van der Waals surface area contributed by atoms with E-state index in [1.54, 1.807) is 24.3 Å². The average Bonchev–Trinajstić information content (AvgIpc) is 2.17. The fraction of sp³-hybridized carbons (Fsp3) is 0.300. The zero-order chi connectivity index (χ0) is 10.6. The molecule has 1 atom stereocenters. The standard InChI is InChI=1S/C10H14N2O2/c1-7(13)12-9-4-2-8(3-5-9)10(14)6-11/h2-5,10,14H,6,11H2,1H3,(H,12,13)/t10-/m0/s1. The summed E-state index contributed by atoms with van der Waals surface area (Å²) in [6.45, 7) is 1.64. The van der Waals surface area contributed by atoms with E-state index in [9.17, 15) is 9.90 Å². The van der Waals surface area contributed by atoms with Crippen LogP contribution in [0.2, 0.25) is 0 Å². The van der Waals surface area contributed by atoms with Crippen LogP contribution in [0.1, 0.15) is 18.6 Å². The van der Waals surface area contributed by atoms with Crippen LogP contribution < -0.4 is 11.1 Å². The maximum Gasteiger partial charge on any atom is 0.221 e. The third-order valence-corrected chi connectivity index (χ3v) is 1.84. The van der Waals surface area contributed by atoms with Crippen molar-refractivity contribution in [2.75, 3.05) is 11.9 Å². The molecule has 0 fully saturated rings. The molecule has 1 aromatic rings. The number of aliphatic hydroxyl groups is 1. The van der Waals surface area contributed by atoms with Crippen LogP contribution in [-0.2, 0) is 4.79 Å². The van der Waals surface area contributed by atoms with Crippen molar-refractivity contribution < 1.29 is 9.90 Å². The summed E-state index contributed by atoms with van der Waals surface area (Å²) in [7, 11) is 0. The molecule has 0 heterocycles. The Morgan fingerprint density at radius 3 is 2.50 bits per heavy atom. The summed E-state index contributed by atoms with van der Waals surface area (Å²) in [5.41, 5.74) is 6.77. The Morgan fingerprint density at radius 2 is 2.07 bits per heavy atom. The molecule has 0 bridgehead atoms. The minimum atomic E-state index is -0.638. The Kier molecular flexibility index (Phi) is 3.62. The summed E-state index contributed by atoms with van der Waals surface area (Å²) < 4.78 is 0. The van der Waals surface area contributed by atoms with E-state index in [1.807, 2.05) is 0 Å². The zero-order valence-corrected chi connectivity index (χ0v) is 8.03. The molecule has 0 spiro atoms. The van der Waals surface area contributed by atoms with Gasteiger partial charge >= 0.3 is 0 Å². The first-order chi connectivity index (χ1) is 6.63. The second kappa shape index (κ2) is 4.74. The van der Waals surface area contributed by atoms with Crippen molar-refractivity contribution >= 4 is 11.6 Å². The van der Waals surface area contributed by atoms with Gasteiger partial charge in [-0.2, -0.15) is 0 Å². The highest BCUT2D eigenvalue weighted by molar-refractivity contribution is 5.88. The Bertz CT molecular complexity index is 308. The third kappa shape index (κ3) is 2.83. The fourth-order valence-corrected chi connectivity index (χ4v) is 1.13. The molecule has 76 valence electrons. The fourth-order valence-electron chi connectivity index (χ4n) is 1.13. The molecule has 0 saturated carbocycles. The van der Waals surface area contributed by atoms with Crippen LogP contribution in [0.3, 0.4) is 0 Å². The van der Waals surface area contributed by atoms with Crippen molar-refractivity contribution in [1.82, 2.24) is 0 Å². The Hall–Kier alpha value is -1.39. The SMILES string of the molecule is CC(=O)Nc1ccc([C@@H](O)CN)cc1. The number of nitrogens with one attached hydrogen (secondary N) is 1. The van der Waals surface area contributed by atoms with E-state index in [2.05, 4.69) is 5.32 Å². The van der Waals surface area contributed by atoms with Crippen molar-refractivity contribution in [2.45, 2.75) is 13.0 Å².